The lowest BCUT2D eigenvalue weighted by molar-refractivity contribution is 0.0945. The Balaban J connectivity index is 2.12. The van der Waals surface area contributed by atoms with Crippen LogP contribution in [-0.2, 0) is 6.42 Å². The quantitative estimate of drug-likeness (QED) is 0.934. The van der Waals surface area contributed by atoms with Crippen LogP contribution < -0.4 is 5.32 Å². The molecule has 2 aromatic rings. The third-order valence-electron chi connectivity index (χ3n) is 3.23. The predicted octanol–water partition coefficient (Wildman–Crippen LogP) is 3.38. The number of aryl methyl sites for hydroxylation is 1. The summed E-state index contributed by atoms with van der Waals surface area (Å²) >= 11 is 0. The van der Waals surface area contributed by atoms with Gasteiger partial charge in [-0.2, -0.15) is 5.26 Å². The van der Waals surface area contributed by atoms with E-state index in [0.29, 0.717) is 11.1 Å². The molecule has 0 fully saturated rings. The van der Waals surface area contributed by atoms with Gasteiger partial charge in [0.05, 0.1) is 6.07 Å². The molecule has 0 saturated carbocycles. The molecule has 1 N–H and O–H groups in total. The van der Waals surface area contributed by atoms with E-state index in [1.165, 1.54) is 24.3 Å². The van der Waals surface area contributed by atoms with E-state index in [-0.39, 0.29) is 11.7 Å². The number of nitriles is 1. The number of carbonyl (C=O) groups excluding carboxylic acids is 1. The number of halogens is 1. The van der Waals surface area contributed by atoms with Crippen LogP contribution in [0.15, 0.2) is 48.5 Å². The fourth-order valence-electron chi connectivity index (χ4n) is 1.95. The van der Waals surface area contributed by atoms with E-state index in [2.05, 4.69) is 5.32 Å². The topological polar surface area (TPSA) is 52.9 Å². The Hall–Kier alpha value is -2.67. The highest BCUT2D eigenvalue weighted by molar-refractivity contribution is 5.94. The van der Waals surface area contributed by atoms with E-state index in [4.69, 9.17) is 5.26 Å². The Morgan fingerprint density at radius 1 is 1.19 bits per heavy atom. The summed E-state index contributed by atoms with van der Waals surface area (Å²) in [5, 5.41) is 11.8. The molecule has 0 aliphatic rings. The molecule has 3 nitrogen and oxygen atoms in total. The summed E-state index contributed by atoms with van der Waals surface area (Å²) in [6.07, 6.45) is 0.901. The zero-order chi connectivity index (χ0) is 15.2. The van der Waals surface area contributed by atoms with Crippen LogP contribution in [-0.4, -0.2) is 5.91 Å². The predicted molar refractivity (Wildman–Crippen MR) is 78.0 cm³/mol. The van der Waals surface area contributed by atoms with Gasteiger partial charge in [-0.25, -0.2) is 4.39 Å². The molecule has 2 rings (SSSR count). The lowest BCUT2D eigenvalue weighted by Crippen LogP contribution is -2.27. The average molecular weight is 282 g/mol. The van der Waals surface area contributed by atoms with Crippen LogP contribution >= 0.6 is 0 Å². The zero-order valence-corrected chi connectivity index (χ0v) is 11.6. The molecule has 106 valence electrons. The Morgan fingerprint density at radius 2 is 1.81 bits per heavy atom. The van der Waals surface area contributed by atoms with Gasteiger partial charge in [-0.1, -0.05) is 31.2 Å². The van der Waals surface area contributed by atoms with Crippen molar-refractivity contribution in [3.05, 3.63) is 71.0 Å². The minimum absolute atomic E-state index is 0.325. The number of amides is 1. The first-order valence-corrected chi connectivity index (χ1v) is 6.69. The minimum atomic E-state index is -0.802. The largest absolute Gasteiger partial charge is 0.333 e. The molecular formula is C17H15FN2O. The van der Waals surface area contributed by atoms with E-state index < -0.39 is 6.04 Å². The van der Waals surface area contributed by atoms with Crippen molar-refractivity contribution in [3.63, 3.8) is 0 Å². The smallest absolute Gasteiger partial charge is 0.252 e. The summed E-state index contributed by atoms with van der Waals surface area (Å²) in [6, 6.07) is 13.9. The van der Waals surface area contributed by atoms with Gasteiger partial charge in [-0.15, -0.1) is 0 Å². The van der Waals surface area contributed by atoms with Gasteiger partial charge in [0.15, 0.2) is 0 Å². The maximum atomic E-state index is 12.9. The molecule has 0 aliphatic heterocycles. The highest BCUT2D eigenvalue weighted by Crippen LogP contribution is 2.14. The van der Waals surface area contributed by atoms with Crippen molar-refractivity contribution in [2.24, 2.45) is 0 Å². The second-order valence-corrected chi connectivity index (χ2v) is 4.64. The van der Waals surface area contributed by atoms with Crippen molar-refractivity contribution in [1.82, 2.24) is 5.32 Å². The average Bonchev–Trinajstić information content (AvgIpc) is 2.53. The summed E-state index contributed by atoms with van der Waals surface area (Å²) in [4.78, 5) is 12.1. The summed E-state index contributed by atoms with van der Waals surface area (Å²) in [5.74, 6) is -0.703. The SMILES string of the molecule is CCc1ccc(C(=O)N[C@H](C#N)c2ccc(F)cc2)cc1. The molecule has 21 heavy (non-hydrogen) atoms. The Morgan fingerprint density at radius 3 is 2.33 bits per heavy atom. The van der Waals surface area contributed by atoms with Crippen LogP contribution in [0.3, 0.4) is 0 Å². The van der Waals surface area contributed by atoms with E-state index in [9.17, 15) is 9.18 Å². The van der Waals surface area contributed by atoms with Crippen molar-refractivity contribution >= 4 is 5.91 Å². The molecule has 1 amide bonds. The maximum Gasteiger partial charge on any atom is 0.252 e. The zero-order valence-electron chi connectivity index (χ0n) is 11.6. The second-order valence-electron chi connectivity index (χ2n) is 4.64. The number of hydrogen-bond acceptors (Lipinski definition) is 2. The van der Waals surface area contributed by atoms with Crippen LogP contribution in [0.2, 0.25) is 0 Å². The normalized spacial score (nSPS) is 11.5. The Labute approximate surface area is 123 Å². The molecular weight excluding hydrogens is 267 g/mol. The van der Waals surface area contributed by atoms with E-state index >= 15 is 0 Å². The van der Waals surface area contributed by atoms with E-state index in [1.807, 2.05) is 25.1 Å². The van der Waals surface area contributed by atoms with E-state index in [0.717, 1.165) is 12.0 Å². The second kappa shape index (κ2) is 6.67. The highest BCUT2D eigenvalue weighted by Gasteiger charge is 2.15. The molecule has 0 aliphatic carbocycles. The first kappa shape index (κ1) is 14.7. The van der Waals surface area contributed by atoms with Crippen LogP contribution in [0.5, 0.6) is 0 Å². The minimum Gasteiger partial charge on any atom is -0.333 e. The molecule has 0 spiro atoms. The third kappa shape index (κ3) is 3.67. The van der Waals surface area contributed by atoms with Gasteiger partial charge >= 0.3 is 0 Å². The fourth-order valence-corrected chi connectivity index (χ4v) is 1.95. The van der Waals surface area contributed by atoms with Crippen LogP contribution in [0.25, 0.3) is 0 Å². The molecule has 4 heteroatoms. The van der Waals surface area contributed by atoms with Crippen LogP contribution in [0, 0.1) is 17.1 Å². The van der Waals surface area contributed by atoms with Crippen molar-refractivity contribution in [3.8, 4) is 6.07 Å². The van der Waals surface area contributed by atoms with Crippen LogP contribution in [0.4, 0.5) is 4.39 Å². The standard InChI is InChI=1S/C17H15FN2O/c1-2-12-3-5-14(6-4-12)17(21)20-16(11-19)13-7-9-15(18)10-8-13/h3-10,16H,2H2,1H3,(H,20,21)/t16-/m1/s1. The number of benzene rings is 2. The summed E-state index contributed by atoms with van der Waals surface area (Å²) in [5.41, 5.74) is 2.19. The van der Waals surface area contributed by atoms with Crippen molar-refractivity contribution < 1.29 is 9.18 Å². The Kier molecular flexibility index (Phi) is 4.68. The first-order chi connectivity index (χ1) is 10.1. The van der Waals surface area contributed by atoms with E-state index in [1.54, 1.807) is 12.1 Å². The Bertz CT molecular complexity index is 657. The third-order valence-corrected chi connectivity index (χ3v) is 3.23. The van der Waals surface area contributed by atoms with Gasteiger partial charge in [0, 0.05) is 5.56 Å². The van der Waals surface area contributed by atoms with Gasteiger partial charge < -0.3 is 5.32 Å². The lowest BCUT2D eigenvalue weighted by atomic mass is 10.1. The van der Waals surface area contributed by atoms with Crippen molar-refractivity contribution in [2.45, 2.75) is 19.4 Å². The van der Waals surface area contributed by atoms with Gasteiger partial charge in [-0.3, -0.25) is 4.79 Å². The summed E-state index contributed by atoms with van der Waals surface area (Å²) in [6.45, 7) is 2.04. The molecule has 0 saturated heterocycles. The molecule has 0 heterocycles. The lowest BCUT2D eigenvalue weighted by Gasteiger charge is -2.12. The highest BCUT2D eigenvalue weighted by atomic mass is 19.1. The van der Waals surface area contributed by atoms with Gasteiger partial charge in [0.25, 0.3) is 5.91 Å². The monoisotopic (exact) mass is 282 g/mol. The summed E-state index contributed by atoms with van der Waals surface area (Å²) < 4.78 is 12.9. The number of nitrogens with zero attached hydrogens (tertiary/aromatic N) is 1. The molecule has 1 atom stereocenters. The summed E-state index contributed by atoms with van der Waals surface area (Å²) in [7, 11) is 0. The molecule has 0 radical (unpaired) electrons. The number of rotatable bonds is 4. The number of hydrogen-bond donors (Lipinski definition) is 1. The first-order valence-electron chi connectivity index (χ1n) is 6.69. The van der Waals surface area contributed by atoms with Crippen LogP contribution in [0.1, 0.15) is 34.5 Å². The van der Waals surface area contributed by atoms with Gasteiger partial charge in [-0.05, 0) is 41.8 Å². The van der Waals surface area contributed by atoms with Gasteiger partial charge in [0.1, 0.15) is 11.9 Å². The molecule has 0 bridgehead atoms. The fraction of sp³-hybridized carbons (Fsp3) is 0.176. The molecule has 0 aromatic heterocycles. The van der Waals surface area contributed by atoms with Crippen molar-refractivity contribution in [1.29, 1.82) is 5.26 Å². The maximum absolute atomic E-state index is 12.9. The van der Waals surface area contributed by atoms with Gasteiger partial charge in [0.2, 0.25) is 0 Å². The molecule has 2 aromatic carbocycles. The number of nitrogens with one attached hydrogen (secondary N) is 1. The van der Waals surface area contributed by atoms with Crippen molar-refractivity contribution in [2.75, 3.05) is 0 Å². The number of carbonyl (C=O) groups is 1. The molecule has 0 unspecified atom stereocenters.